The first kappa shape index (κ1) is 35.1. The molecular formula is C55H33ClN4O. The zero-order valence-corrected chi connectivity index (χ0v) is 33.4. The highest BCUT2D eigenvalue weighted by Gasteiger charge is 2.17. The van der Waals surface area contributed by atoms with Gasteiger partial charge < -0.3 is 9.40 Å². The summed E-state index contributed by atoms with van der Waals surface area (Å²) in [4.78, 5) is 17.5. The first-order valence-electron chi connectivity index (χ1n) is 20.3. The molecule has 61 heavy (non-hydrogen) atoms. The van der Waals surface area contributed by atoms with Gasteiger partial charge in [-0.15, -0.1) is 0 Å². The summed E-state index contributed by atoms with van der Waals surface area (Å²) in [6, 6.07) is 67.9. The second kappa shape index (κ2) is 14.2. The number of para-hydroxylation sites is 2. The van der Waals surface area contributed by atoms with E-state index >= 15 is 0 Å². The van der Waals surface area contributed by atoms with Gasteiger partial charge >= 0.3 is 0 Å². The number of rotatable bonds is 6. The van der Waals surface area contributed by atoms with Crippen molar-refractivity contribution in [1.29, 1.82) is 0 Å². The van der Waals surface area contributed by atoms with Crippen LogP contribution in [0.25, 0.3) is 122 Å². The molecule has 0 fully saturated rings. The zero-order chi connectivity index (χ0) is 40.4. The van der Waals surface area contributed by atoms with E-state index in [2.05, 4.69) is 167 Å². The molecule has 5 nitrogen and oxygen atoms in total. The average molecular weight is 801 g/mol. The van der Waals surface area contributed by atoms with E-state index in [0.717, 1.165) is 83.0 Å². The van der Waals surface area contributed by atoms with Gasteiger partial charge in [0.25, 0.3) is 0 Å². The molecule has 0 atom stereocenters. The lowest BCUT2D eigenvalue weighted by molar-refractivity contribution is 0.670. The highest BCUT2D eigenvalue weighted by atomic mass is 35.5. The van der Waals surface area contributed by atoms with E-state index in [1.54, 1.807) is 0 Å². The van der Waals surface area contributed by atoms with Crippen molar-refractivity contribution in [3.05, 3.63) is 199 Å². The van der Waals surface area contributed by atoms with E-state index in [4.69, 9.17) is 21.0 Å². The summed E-state index contributed by atoms with van der Waals surface area (Å²) >= 11 is 6.47. The van der Waals surface area contributed by atoms with Gasteiger partial charge in [-0.25, -0.2) is 4.98 Å². The van der Waals surface area contributed by atoms with Crippen LogP contribution < -0.4 is 0 Å². The fourth-order valence-corrected chi connectivity index (χ4v) is 9.02. The Morgan fingerprint density at radius 2 is 0.984 bits per heavy atom. The Hall–Kier alpha value is -7.86. The fraction of sp³-hybridized carbons (Fsp3) is 0. The Morgan fingerprint density at radius 1 is 0.393 bits per heavy atom. The number of nitrogens with one attached hydrogen (secondary N) is 1. The zero-order valence-electron chi connectivity index (χ0n) is 32.6. The molecule has 0 amide bonds. The van der Waals surface area contributed by atoms with Crippen molar-refractivity contribution in [3.8, 4) is 67.3 Å². The molecule has 0 unspecified atom stereocenters. The molecule has 6 heteroatoms. The van der Waals surface area contributed by atoms with E-state index in [1.807, 2.05) is 42.5 Å². The lowest BCUT2D eigenvalue weighted by Crippen LogP contribution is -1.97. The fourth-order valence-electron chi connectivity index (χ4n) is 8.86. The topological polar surface area (TPSA) is 67.6 Å². The van der Waals surface area contributed by atoms with Gasteiger partial charge in [0.1, 0.15) is 11.2 Å². The Morgan fingerprint density at radius 3 is 1.79 bits per heavy atom. The van der Waals surface area contributed by atoms with Gasteiger partial charge in [-0.1, -0.05) is 170 Å². The second-order valence-corrected chi connectivity index (χ2v) is 15.7. The van der Waals surface area contributed by atoms with Crippen LogP contribution in [0.1, 0.15) is 0 Å². The molecule has 12 rings (SSSR count). The van der Waals surface area contributed by atoms with Crippen LogP contribution in [0.3, 0.4) is 0 Å². The lowest BCUT2D eigenvalue weighted by atomic mass is 9.96. The molecule has 0 aliphatic heterocycles. The van der Waals surface area contributed by atoms with Crippen molar-refractivity contribution in [2.24, 2.45) is 0 Å². The predicted molar refractivity (Wildman–Crippen MR) is 252 cm³/mol. The normalized spacial score (nSPS) is 11.7. The smallest absolute Gasteiger partial charge is 0.226 e. The van der Waals surface area contributed by atoms with Crippen molar-refractivity contribution in [3.63, 3.8) is 0 Å². The SMILES string of the molecule is Clc1nc(-c2ccc(-c3ccccc3)cc2)nc(-c2ccc(-c3cccc4c3oc3cc(-c5cccc(-c6cccc7c6[nH]c6ccc8ccccc8c67)c5)ccc34)cc2)n1. The number of aromatic nitrogens is 4. The molecule has 0 radical (unpaired) electrons. The van der Waals surface area contributed by atoms with Gasteiger partial charge in [-0.2, -0.15) is 9.97 Å². The molecule has 3 aromatic heterocycles. The van der Waals surface area contributed by atoms with Crippen molar-refractivity contribution in [1.82, 2.24) is 19.9 Å². The van der Waals surface area contributed by atoms with E-state index in [-0.39, 0.29) is 5.28 Å². The molecule has 0 spiro atoms. The number of furan rings is 1. The number of halogens is 1. The van der Waals surface area contributed by atoms with Crippen molar-refractivity contribution < 1.29 is 4.42 Å². The first-order chi connectivity index (χ1) is 30.1. The van der Waals surface area contributed by atoms with Gasteiger partial charge in [0.15, 0.2) is 11.6 Å². The molecule has 12 aromatic rings. The molecule has 0 saturated heterocycles. The number of aromatic amines is 1. The minimum absolute atomic E-state index is 0.148. The van der Waals surface area contributed by atoms with E-state index in [9.17, 15) is 0 Å². The Bertz CT molecular complexity index is 3650. The summed E-state index contributed by atoms with van der Waals surface area (Å²) in [7, 11) is 0. The third-order valence-electron chi connectivity index (χ3n) is 11.8. The van der Waals surface area contributed by atoms with E-state index in [0.29, 0.717) is 11.6 Å². The summed E-state index contributed by atoms with van der Waals surface area (Å²) in [6.45, 7) is 0. The molecule has 9 aromatic carbocycles. The summed E-state index contributed by atoms with van der Waals surface area (Å²) in [5.41, 5.74) is 14.5. The van der Waals surface area contributed by atoms with Crippen molar-refractivity contribution in [2.45, 2.75) is 0 Å². The third-order valence-corrected chi connectivity index (χ3v) is 12.0. The average Bonchev–Trinajstić information content (AvgIpc) is 3.90. The highest BCUT2D eigenvalue weighted by Crippen LogP contribution is 2.40. The summed E-state index contributed by atoms with van der Waals surface area (Å²) < 4.78 is 6.72. The van der Waals surface area contributed by atoms with Crippen LogP contribution >= 0.6 is 11.6 Å². The molecule has 0 bridgehead atoms. The molecular weight excluding hydrogens is 768 g/mol. The third kappa shape index (κ3) is 6.05. The van der Waals surface area contributed by atoms with Crippen LogP contribution in [0.5, 0.6) is 0 Å². The van der Waals surface area contributed by atoms with Crippen molar-refractivity contribution in [2.75, 3.05) is 0 Å². The van der Waals surface area contributed by atoms with Crippen LogP contribution in [0.15, 0.2) is 199 Å². The maximum atomic E-state index is 6.72. The summed E-state index contributed by atoms with van der Waals surface area (Å²) in [6.07, 6.45) is 0. The molecule has 0 aliphatic rings. The van der Waals surface area contributed by atoms with Crippen LogP contribution in [-0.2, 0) is 0 Å². The van der Waals surface area contributed by atoms with Gasteiger partial charge in [0.2, 0.25) is 5.28 Å². The highest BCUT2D eigenvalue weighted by molar-refractivity contribution is 6.28. The number of nitrogens with zero attached hydrogens (tertiary/aromatic N) is 3. The van der Waals surface area contributed by atoms with E-state index in [1.165, 1.54) is 27.1 Å². The monoisotopic (exact) mass is 800 g/mol. The van der Waals surface area contributed by atoms with Gasteiger partial charge in [0, 0.05) is 49.3 Å². The minimum Gasteiger partial charge on any atom is -0.455 e. The number of fused-ring (bicyclic) bond motifs is 8. The molecule has 3 heterocycles. The Labute approximate surface area is 355 Å². The summed E-state index contributed by atoms with van der Waals surface area (Å²) in [5, 5.41) is 7.29. The molecule has 0 aliphatic carbocycles. The number of H-pyrrole nitrogens is 1. The first-order valence-corrected chi connectivity index (χ1v) is 20.7. The van der Waals surface area contributed by atoms with Crippen LogP contribution in [-0.4, -0.2) is 19.9 Å². The van der Waals surface area contributed by atoms with Gasteiger partial charge in [0.05, 0.1) is 5.52 Å². The van der Waals surface area contributed by atoms with Gasteiger partial charge in [-0.3, -0.25) is 0 Å². The molecule has 1 N–H and O–H groups in total. The van der Waals surface area contributed by atoms with Crippen molar-refractivity contribution >= 4 is 66.1 Å². The quantitative estimate of drug-likeness (QED) is 0.182. The Balaban J connectivity index is 0.859. The molecule has 0 saturated carbocycles. The van der Waals surface area contributed by atoms with Gasteiger partial charge in [-0.05, 0) is 80.0 Å². The minimum atomic E-state index is 0.148. The standard InChI is InChI=1S/C55H33ClN4O/c56-55-59-53(37-23-19-34(20-24-37)33-9-2-1-3-10-33)58-54(60-55)38-25-21-36(22-26-38)44-16-8-17-46-45-29-27-40(32-49(45)61-52(44)46)39-12-6-13-41(31-39)43-15-7-18-47-50-42-14-5-4-11-35(42)28-30-48(50)57-51(43)47/h1-32,57H. The van der Waals surface area contributed by atoms with Crippen LogP contribution in [0.2, 0.25) is 5.28 Å². The van der Waals surface area contributed by atoms with Crippen LogP contribution in [0, 0.1) is 0 Å². The number of hydrogen-bond acceptors (Lipinski definition) is 4. The predicted octanol–water partition coefficient (Wildman–Crippen LogP) is 15.2. The number of benzene rings is 9. The summed E-state index contributed by atoms with van der Waals surface area (Å²) in [5.74, 6) is 1.04. The van der Waals surface area contributed by atoms with Crippen LogP contribution in [0.4, 0.5) is 0 Å². The lowest BCUT2D eigenvalue weighted by Gasteiger charge is -2.08. The maximum absolute atomic E-state index is 6.72. The maximum Gasteiger partial charge on any atom is 0.226 e. The number of hydrogen-bond donors (Lipinski definition) is 1. The molecule has 286 valence electrons. The second-order valence-electron chi connectivity index (χ2n) is 15.4. The van der Waals surface area contributed by atoms with E-state index < -0.39 is 0 Å². The Kier molecular flexibility index (Phi) is 8.15. The largest absolute Gasteiger partial charge is 0.455 e.